The monoisotopic (exact) mass is 283 g/mol. The van der Waals surface area contributed by atoms with Gasteiger partial charge < -0.3 is 5.32 Å². The fourth-order valence-electron chi connectivity index (χ4n) is 1.72. The maximum absolute atomic E-state index is 13.1. The smallest absolute Gasteiger partial charge is 0.255 e. The summed E-state index contributed by atoms with van der Waals surface area (Å²) in [6.45, 7) is 0. The van der Waals surface area contributed by atoms with Crippen LogP contribution in [0.5, 0.6) is 0 Å². The molecule has 0 aliphatic carbocycles. The lowest BCUT2D eigenvalue weighted by molar-refractivity contribution is 0.102. The average molecular weight is 283 g/mol. The summed E-state index contributed by atoms with van der Waals surface area (Å²) in [5.41, 5.74) is 0.645. The van der Waals surface area contributed by atoms with Crippen molar-refractivity contribution in [1.82, 2.24) is 19.7 Å². The number of nitrogens with one attached hydrogen (secondary N) is 1. The van der Waals surface area contributed by atoms with Crippen molar-refractivity contribution in [3.8, 4) is 5.95 Å². The number of hydrogen-bond acceptors (Lipinski definition) is 4. The molecule has 0 aliphatic heterocycles. The molecule has 0 saturated heterocycles. The summed E-state index contributed by atoms with van der Waals surface area (Å²) in [4.78, 5) is 20.1. The van der Waals surface area contributed by atoms with Crippen LogP contribution in [0.25, 0.3) is 5.95 Å². The minimum absolute atomic E-state index is 0.228. The SMILES string of the molecule is O=C(Nc1cnc(-n2cccn2)nc1)c1cccc(F)c1. The second-order valence-electron chi connectivity index (χ2n) is 4.19. The van der Waals surface area contributed by atoms with Gasteiger partial charge in [-0.3, -0.25) is 4.79 Å². The Labute approximate surface area is 119 Å². The van der Waals surface area contributed by atoms with Crippen molar-refractivity contribution in [2.45, 2.75) is 0 Å². The topological polar surface area (TPSA) is 72.7 Å². The minimum Gasteiger partial charge on any atom is -0.319 e. The Hall–Kier alpha value is -3.09. The van der Waals surface area contributed by atoms with Gasteiger partial charge in [-0.05, 0) is 24.3 Å². The zero-order chi connectivity index (χ0) is 14.7. The Bertz CT molecular complexity index is 755. The van der Waals surface area contributed by atoms with Gasteiger partial charge >= 0.3 is 0 Å². The van der Waals surface area contributed by atoms with Gasteiger partial charge in [-0.15, -0.1) is 0 Å². The van der Waals surface area contributed by atoms with Gasteiger partial charge in [0.1, 0.15) is 5.82 Å². The zero-order valence-electron chi connectivity index (χ0n) is 10.8. The number of anilines is 1. The van der Waals surface area contributed by atoms with E-state index < -0.39 is 11.7 Å². The second-order valence-corrected chi connectivity index (χ2v) is 4.19. The Morgan fingerprint density at radius 1 is 1.19 bits per heavy atom. The number of carbonyl (C=O) groups is 1. The lowest BCUT2D eigenvalue weighted by atomic mass is 10.2. The molecule has 0 saturated carbocycles. The molecule has 1 N–H and O–H groups in total. The molecular formula is C14H10FN5O. The molecule has 2 aromatic heterocycles. The fourth-order valence-corrected chi connectivity index (χ4v) is 1.72. The van der Waals surface area contributed by atoms with E-state index in [1.807, 2.05) is 0 Å². The van der Waals surface area contributed by atoms with Crippen LogP contribution in [-0.2, 0) is 0 Å². The van der Waals surface area contributed by atoms with Crippen molar-refractivity contribution in [3.05, 3.63) is 66.5 Å². The molecule has 0 radical (unpaired) electrons. The van der Waals surface area contributed by atoms with Gasteiger partial charge in [0.25, 0.3) is 11.9 Å². The number of amides is 1. The van der Waals surface area contributed by atoms with Crippen LogP contribution in [0.1, 0.15) is 10.4 Å². The second kappa shape index (κ2) is 5.49. The van der Waals surface area contributed by atoms with E-state index in [0.717, 1.165) is 6.07 Å². The first-order chi connectivity index (χ1) is 10.2. The molecule has 0 fully saturated rings. The normalized spacial score (nSPS) is 10.3. The highest BCUT2D eigenvalue weighted by Gasteiger charge is 2.08. The van der Waals surface area contributed by atoms with Crippen molar-refractivity contribution in [1.29, 1.82) is 0 Å². The Morgan fingerprint density at radius 3 is 2.67 bits per heavy atom. The van der Waals surface area contributed by atoms with E-state index in [0.29, 0.717) is 11.6 Å². The molecule has 2 heterocycles. The minimum atomic E-state index is -0.465. The van der Waals surface area contributed by atoms with E-state index >= 15 is 0 Å². The first-order valence-electron chi connectivity index (χ1n) is 6.11. The molecule has 21 heavy (non-hydrogen) atoms. The van der Waals surface area contributed by atoms with Gasteiger partial charge in [0.2, 0.25) is 0 Å². The number of hydrogen-bond donors (Lipinski definition) is 1. The van der Waals surface area contributed by atoms with E-state index in [1.54, 1.807) is 18.5 Å². The van der Waals surface area contributed by atoms with E-state index in [9.17, 15) is 9.18 Å². The first-order valence-corrected chi connectivity index (χ1v) is 6.11. The van der Waals surface area contributed by atoms with E-state index in [4.69, 9.17) is 0 Å². The van der Waals surface area contributed by atoms with Gasteiger partial charge in [-0.2, -0.15) is 5.10 Å². The lowest BCUT2D eigenvalue weighted by Crippen LogP contribution is -2.13. The maximum atomic E-state index is 13.1. The predicted molar refractivity (Wildman–Crippen MR) is 73.5 cm³/mol. The van der Waals surface area contributed by atoms with E-state index in [2.05, 4.69) is 20.4 Å². The molecule has 0 atom stereocenters. The lowest BCUT2D eigenvalue weighted by Gasteiger charge is -2.05. The number of halogens is 1. The number of rotatable bonds is 3. The highest BCUT2D eigenvalue weighted by molar-refractivity contribution is 6.04. The molecule has 0 spiro atoms. The van der Waals surface area contributed by atoms with Gasteiger partial charge in [0.15, 0.2) is 0 Å². The van der Waals surface area contributed by atoms with Crippen LogP contribution >= 0.6 is 0 Å². The maximum Gasteiger partial charge on any atom is 0.255 e. The number of benzene rings is 1. The van der Waals surface area contributed by atoms with E-state index in [1.165, 1.54) is 35.3 Å². The number of nitrogens with zero attached hydrogens (tertiary/aromatic N) is 4. The average Bonchev–Trinajstić information content (AvgIpc) is 3.02. The summed E-state index contributed by atoms with van der Waals surface area (Å²) in [5, 5.41) is 6.59. The third-order valence-electron chi connectivity index (χ3n) is 2.69. The Balaban J connectivity index is 1.75. The summed E-state index contributed by atoms with van der Waals surface area (Å²) < 4.78 is 14.6. The standard InChI is InChI=1S/C14H10FN5O/c15-11-4-1-3-10(7-11)13(21)19-12-8-16-14(17-9-12)20-6-2-5-18-20/h1-9H,(H,19,21). The van der Waals surface area contributed by atoms with Crippen LogP contribution in [0.15, 0.2) is 55.1 Å². The highest BCUT2D eigenvalue weighted by atomic mass is 19.1. The Kier molecular flexibility index (Phi) is 3.38. The quantitative estimate of drug-likeness (QED) is 0.798. The summed E-state index contributed by atoms with van der Waals surface area (Å²) in [6.07, 6.45) is 6.24. The summed E-state index contributed by atoms with van der Waals surface area (Å²) in [6, 6.07) is 7.19. The first kappa shape index (κ1) is 12.9. The predicted octanol–water partition coefficient (Wildman–Crippen LogP) is 2.05. The van der Waals surface area contributed by atoms with Crippen LogP contribution in [-0.4, -0.2) is 25.7 Å². The molecular weight excluding hydrogens is 273 g/mol. The van der Waals surface area contributed by atoms with E-state index in [-0.39, 0.29) is 5.56 Å². The van der Waals surface area contributed by atoms with Crippen molar-refractivity contribution >= 4 is 11.6 Å². The fraction of sp³-hybridized carbons (Fsp3) is 0. The molecule has 0 bridgehead atoms. The van der Waals surface area contributed by atoms with Gasteiger partial charge in [-0.1, -0.05) is 6.07 Å². The molecule has 3 aromatic rings. The zero-order valence-corrected chi connectivity index (χ0v) is 10.8. The molecule has 104 valence electrons. The highest BCUT2D eigenvalue weighted by Crippen LogP contribution is 2.09. The third kappa shape index (κ3) is 2.92. The summed E-state index contributed by atoms with van der Waals surface area (Å²) >= 11 is 0. The molecule has 7 heteroatoms. The van der Waals surface area contributed by atoms with Crippen molar-refractivity contribution in [3.63, 3.8) is 0 Å². The molecule has 1 amide bonds. The molecule has 0 unspecified atom stereocenters. The van der Waals surface area contributed by atoms with Crippen molar-refractivity contribution in [2.75, 3.05) is 5.32 Å². The van der Waals surface area contributed by atoms with Gasteiger partial charge in [-0.25, -0.2) is 19.0 Å². The molecule has 6 nitrogen and oxygen atoms in total. The van der Waals surface area contributed by atoms with Crippen molar-refractivity contribution < 1.29 is 9.18 Å². The van der Waals surface area contributed by atoms with Crippen LogP contribution in [0.4, 0.5) is 10.1 Å². The number of carbonyl (C=O) groups excluding carboxylic acids is 1. The summed E-state index contributed by atoms with van der Waals surface area (Å²) in [5.74, 6) is -0.498. The molecule has 1 aromatic carbocycles. The van der Waals surface area contributed by atoms with Crippen LogP contribution in [0, 0.1) is 5.82 Å². The molecule has 0 aliphatic rings. The van der Waals surface area contributed by atoms with Crippen LogP contribution < -0.4 is 5.32 Å². The Morgan fingerprint density at radius 2 is 2.00 bits per heavy atom. The van der Waals surface area contributed by atoms with Crippen LogP contribution in [0.3, 0.4) is 0 Å². The van der Waals surface area contributed by atoms with Gasteiger partial charge in [0, 0.05) is 18.0 Å². The van der Waals surface area contributed by atoms with Crippen LogP contribution in [0.2, 0.25) is 0 Å². The third-order valence-corrected chi connectivity index (χ3v) is 2.69. The summed E-state index contributed by atoms with van der Waals surface area (Å²) in [7, 11) is 0. The largest absolute Gasteiger partial charge is 0.319 e. The number of aromatic nitrogens is 4. The van der Waals surface area contributed by atoms with Gasteiger partial charge in [0.05, 0.1) is 18.1 Å². The molecule has 3 rings (SSSR count). The van der Waals surface area contributed by atoms with Crippen molar-refractivity contribution in [2.24, 2.45) is 0 Å².